The third-order valence-electron chi connectivity index (χ3n) is 5.90. The van der Waals surface area contributed by atoms with Gasteiger partial charge in [-0.25, -0.2) is 4.98 Å². The minimum absolute atomic E-state index is 0.120. The van der Waals surface area contributed by atoms with Crippen molar-refractivity contribution in [1.82, 2.24) is 15.1 Å². The van der Waals surface area contributed by atoms with Gasteiger partial charge in [0.15, 0.2) is 0 Å². The van der Waals surface area contributed by atoms with Gasteiger partial charge in [0.05, 0.1) is 13.0 Å². The number of carbonyl (C=O) groups excluding carboxylic acids is 1. The fraction of sp³-hybridized carbons (Fsp3) is 0.652. The third kappa shape index (κ3) is 6.82. The summed E-state index contributed by atoms with van der Waals surface area (Å²) in [5.41, 5.74) is 6.39. The van der Waals surface area contributed by atoms with Crippen LogP contribution in [-0.4, -0.2) is 27.7 Å². The molecule has 0 bridgehead atoms. The molecule has 0 radical (unpaired) electrons. The van der Waals surface area contributed by atoms with Crippen LogP contribution in [0.1, 0.15) is 89.4 Å². The van der Waals surface area contributed by atoms with Crippen LogP contribution in [-0.2, 0) is 9.53 Å². The molecular formula is C23H34N4O3. The molecule has 0 aromatic carbocycles. The number of aromatic nitrogens is 3. The number of esters is 1. The summed E-state index contributed by atoms with van der Waals surface area (Å²) in [6, 6.07) is 3.52. The molecule has 0 spiro atoms. The summed E-state index contributed by atoms with van der Waals surface area (Å²) in [7, 11) is 0. The van der Waals surface area contributed by atoms with Crippen LogP contribution in [0.5, 0.6) is 0 Å². The van der Waals surface area contributed by atoms with Gasteiger partial charge in [-0.1, -0.05) is 63.4 Å². The Bertz CT molecular complexity index is 769. The Kier molecular flexibility index (Phi) is 8.66. The molecule has 0 amide bonds. The number of nitrogen functional groups attached to an aromatic ring is 1. The van der Waals surface area contributed by atoms with Crippen molar-refractivity contribution < 1.29 is 14.1 Å². The van der Waals surface area contributed by atoms with Crippen molar-refractivity contribution >= 4 is 11.8 Å². The van der Waals surface area contributed by atoms with Crippen LogP contribution >= 0.6 is 0 Å². The predicted molar refractivity (Wildman–Crippen MR) is 116 cm³/mol. The predicted octanol–water partition coefficient (Wildman–Crippen LogP) is 5.28. The number of pyridine rings is 1. The van der Waals surface area contributed by atoms with Gasteiger partial charge >= 0.3 is 5.97 Å². The molecule has 2 heterocycles. The minimum atomic E-state index is -0.194. The molecule has 0 aliphatic heterocycles. The van der Waals surface area contributed by atoms with E-state index in [9.17, 15) is 4.79 Å². The van der Waals surface area contributed by atoms with Crippen LogP contribution in [0.3, 0.4) is 0 Å². The first-order valence-corrected chi connectivity index (χ1v) is 11.4. The Balaban J connectivity index is 1.63. The van der Waals surface area contributed by atoms with Crippen LogP contribution < -0.4 is 5.73 Å². The molecular weight excluding hydrogens is 380 g/mol. The van der Waals surface area contributed by atoms with E-state index in [1.807, 2.05) is 6.07 Å². The molecule has 1 unspecified atom stereocenters. The third-order valence-corrected chi connectivity index (χ3v) is 5.90. The molecule has 0 saturated heterocycles. The van der Waals surface area contributed by atoms with E-state index >= 15 is 0 Å². The van der Waals surface area contributed by atoms with Crippen LogP contribution in [0, 0.1) is 5.92 Å². The SMILES string of the molecule is CCCCOC(=O)CC(CCCC1CCCCC1)c1nc(-c2ccc(N)nc2)no1. The van der Waals surface area contributed by atoms with Gasteiger partial charge in [-0.15, -0.1) is 0 Å². The van der Waals surface area contributed by atoms with Crippen molar-refractivity contribution in [2.75, 3.05) is 12.3 Å². The molecule has 164 valence electrons. The topological polar surface area (TPSA) is 104 Å². The first-order chi connectivity index (χ1) is 14.7. The number of ether oxygens (including phenoxy) is 1. The molecule has 2 aromatic rings. The van der Waals surface area contributed by atoms with Crippen LogP contribution in [0.15, 0.2) is 22.9 Å². The van der Waals surface area contributed by atoms with E-state index in [-0.39, 0.29) is 18.3 Å². The van der Waals surface area contributed by atoms with Gasteiger partial charge in [-0.05, 0) is 30.9 Å². The molecule has 7 heteroatoms. The molecule has 1 saturated carbocycles. The van der Waals surface area contributed by atoms with E-state index in [4.69, 9.17) is 15.0 Å². The van der Waals surface area contributed by atoms with Gasteiger partial charge in [-0.2, -0.15) is 4.98 Å². The second-order valence-corrected chi connectivity index (χ2v) is 8.34. The number of carbonyl (C=O) groups is 1. The Morgan fingerprint density at radius 3 is 2.83 bits per heavy atom. The highest BCUT2D eigenvalue weighted by Crippen LogP contribution is 2.32. The van der Waals surface area contributed by atoms with Crippen LogP contribution in [0.2, 0.25) is 0 Å². The van der Waals surface area contributed by atoms with Crippen molar-refractivity contribution in [3.8, 4) is 11.4 Å². The highest BCUT2D eigenvalue weighted by molar-refractivity contribution is 5.70. The summed E-state index contributed by atoms with van der Waals surface area (Å²) in [6.07, 6.45) is 13.6. The Labute approximate surface area is 178 Å². The number of rotatable bonds is 11. The fourth-order valence-electron chi connectivity index (χ4n) is 4.09. The Morgan fingerprint density at radius 1 is 1.27 bits per heavy atom. The van der Waals surface area contributed by atoms with Crippen LogP contribution in [0.25, 0.3) is 11.4 Å². The maximum absolute atomic E-state index is 12.3. The Hall–Kier alpha value is -2.44. The summed E-state index contributed by atoms with van der Waals surface area (Å²) in [5, 5.41) is 4.10. The van der Waals surface area contributed by atoms with Gasteiger partial charge in [0, 0.05) is 17.7 Å². The zero-order valence-electron chi connectivity index (χ0n) is 18.0. The summed E-state index contributed by atoms with van der Waals surface area (Å²) in [5.74, 6) is 1.91. The smallest absolute Gasteiger partial charge is 0.306 e. The van der Waals surface area contributed by atoms with Gasteiger partial charge in [0.25, 0.3) is 0 Å². The second kappa shape index (κ2) is 11.7. The van der Waals surface area contributed by atoms with Crippen LogP contribution in [0.4, 0.5) is 5.82 Å². The highest BCUT2D eigenvalue weighted by atomic mass is 16.5. The van der Waals surface area contributed by atoms with Crippen molar-refractivity contribution in [2.24, 2.45) is 5.92 Å². The monoisotopic (exact) mass is 414 g/mol. The number of hydrogen-bond donors (Lipinski definition) is 1. The normalized spacial score (nSPS) is 15.8. The van der Waals surface area contributed by atoms with E-state index in [1.54, 1.807) is 12.3 Å². The average molecular weight is 415 g/mol. The fourth-order valence-corrected chi connectivity index (χ4v) is 4.09. The lowest BCUT2D eigenvalue weighted by atomic mass is 9.84. The van der Waals surface area contributed by atoms with Crippen molar-refractivity contribution in [3.63, 3.8) is 0 Å². The molecule has 1 aliphatic rings. The standard InChI is InChI=1S/C23H34N4O3/c1-2-3-14-29-21(28)15-18(11-7-10-17-8-5-4-6-9-17)23-26-22(27-30-23)19-12-13-20(24)25-16-19/h12-13,16-18H,2-11,14-15H2,1H3,(H2,24,25). The molecule has 1 atom stereocenters. The maximum Gasteiger partial charge on any atom is 0.306 e. The zero-order chi connectivity index (χ0) is 21.2. The van der Waals surface area contributed by atoms with Crippen molar-refractivity contribution in [3.05, 3.63) is 24.2 Å². The maximum atomic E-state index is 12.3. The quantitative estimate of drug-likeness (QED) is 0.394. The molecule has 1 aliphatic carbocycles. The lowest BCUT2D eigenvalue weighted by Crippen LogP contribution is -2.13. The summed E-state index contributed by atoms with van der Waals surface area (Å²) >= 11 is 0. The van der Waals surface area contributed by atoms with E-state index in [0.717, 1.165) is 37.2 Å². The number of hydrogen-bond acceptors (Lipinski definition) is 7. The summed E-state index contributed by atoms with van der Waals surface area (Å²) in [6.45, 7) is 2.55. The van der Waals surface area contributed by atoms with Gasteiger partial charge in [0.1, 0.15) is 5.82 Å². The molecule has 7 nitrogen and oxygen atoms in total. The lowest BCUT2D eigenvalue weighted by molar-refractivity contribution is -0.144. The van der Waals surface area contributed by atoms with Crippen molar-refractivity contribution in [1.29, 1.82) is 0 Å². The number of anilines is 1. The van der Waals surface area contributed by atoms with E-state index < -0.39 is 0 Å². The number of nitrogens with zero attached hydrogens (tertiary/aromatic N) is 3. The molecule has 2 aromatic heterocycles. The van der Waals surface area contributed by atoms with E-state index in [1.165, 1.54) is 38.5 Å². The van der Waals surface area contributed by atoms with Crippen molar-refractivity contribution in [2.45, 2.75) is 83.5 Å². The molecule has 3 rings (SSSR count). The lowest BCUT2D eigenvalue weighted by Gasteiger charge is -2.22. The van der Waals surface area contributed by atoms with E-state index in [2.05, 4.69) is 22.0 Å². The van der Waals surface area contributed by atoms with Gasteiger partial charge in [0.2, 0.25) is 11.7 Å². The largest absolute Gasteiger partial charge is 0.466 e. The zero-order valence-corrected chi connectivity index (χ0v) is 18.0. The van der Waals surface area contributed by atoms with Gasteiger partial charge in [-0.3, -0.25) is 4.79 Å². The number of nitrogens with two attached hydrogens (primary N) is 1. The molecule has 2 N–H and O–H groups in total. The average Bonchev–Trinajstić information content (AvgIpc) is 3.25. The summed E-state index contributed by atoms with van der Waals surface area (Å²) in [4.78, 5) is 21.0. The minimum Gasteiger partial charge on any atom is -0.466 e. The number of unbranched alkanes of at least 4 members (excludes halogenated alkanes) is 1. The molecule has 30 heavy (non-hydrogen) atoms. The van der Waals surface area contributed by atoms with E-state index in [0.29, 0.717) is 24.1 Å². The first-order valence-electron chi connectivity index (χ1n) is 11.4. The second-order valence-electron chi connectivity index (χ2n) is 8.34. The first kappa shape index (κ1) is 22.2. The van der Waals surface area contributed by atoms with Gasteiger partial charge < -0.3 is 15.0 Å². The highest BCUT2D eigenvalue weighted by Gasteiger charge is 2.24. The Morgan fingerprint density at radius 2 is 2.10 bits per heavy atom. The summed E-state index contributed by atoms with van der Waals surface area (Å²) < 4.78 is 10.9. The molecule has 1 fully saturated rings.